The highest BCUT2D eigenvalue weighted by Gasteiger charge is 2.50. The highest BCUT2D eigenvalue weighted by Crippen LogP contribution is 2.39. The predicted octanol–water partition coefficient (Wildman–Crippen LogP) is 6.41. The number of hydrogen-bond acceptors (Lipinski definition) is 8. The zero-order valence-corrected chi connectivity index (χ0v) is 26.8. The van der Waals surface area contributed by atoms with Gasteiger partial charge in [0.1, 0.15) is 0 Å². The maximum Gasteiger partial charge on any atom is 0.271 e. The standard InChI is InChI=1S/C36H37N5O4/c1-33(2)35(5,6)39(42)31(37-33)28-17-13-24(14-18-28)9-11-26-21-27(23-30(22-26)41(44)45)12-10-25-15-19-29(20-16-25)32-38-34(3,4)36(7,8)40(32)43/h13-23,42-43H,1-8H3. The molecule has 0 radical (unpaired) electrons. The number of benzene rings is 3. The van der Waals surface area contributed by atoms with Crippen LogP contribution >= 0.6 is 0 Å². The summed E-state index contributed by atoms with van der Waals surface area (Å²) < 4.78 is 0. The molecule has 0 unspecified atom stereocenters. The van der Waals surface area contributed by atoms with Crippen molar-refractivity contribution in [3.05, 3.63) is 110 Å². The molecule has 0 saturated heterocycles. The van der Waals surface area contributed by atoms with Gasteiger partial charge in [-0.1, -0.05) is 23.7 Å². The van der Waals surface area contributed by atoms with Gasteiger partial charge in [0.2, 0.25) is 0 Å². The number of non-ortho nitro benzene ring substituents is 1. The van der Waals surface area contributed by atoms with Gasteiger partial charge in [0.25, 0.3) is 5.69 Å². The SMILES string of the molecule is CC1(C)N=C(c2ccc(C#Cc3cc(C#Cc4ccc(C5=NC(C)(C)C(C)(C)N5O)cc4)cc([N+](=O)[O-])c3)cc2)N(O)C1(C)C. The van der Waals surface area contributed by atoms with Crippen molar-refractivity contribution < 1.29 is 15.3 Å². The van der Waals surface area contributed by atoms with Gasteiger partial charge in [-0.3, -0.25) is 30.5 Å². The molecule has 5 rings (SSSR count). The summed E-state index contributed by atoms with van der Waals surface area (Å²) in [5.74, 6) is 13.2. The Labute approximate surface area is 264 Å². The number of nitro benzene ring substituents is 1. The van der Waals surface area contributed by atoms with E-state index >= 15 is 0 Å². The first kappa shape index (κ1) is 31.5. The lowest BCUT2D eigenvalue weighted by Crippen LogP contribution is -2.51. The highest BCUT2D eigenvalue weighted by molar-refractivity contribution is 6.01. The summed E-state index contributed by atoms with van der Waals surface area (Å²) in [4.78, 5) is 20.6. The fourth-order valence-corrected chi connectivity index (χ4v) is 4.87. The molecule has 3 aromatic carbocycles. The van der Waals surface area contributed by atoms with Crippen LogP contribution in [0.1, 0.15) is 88.8 Å². The maximum atomic E-state index is 11.7. The van der Waals surface area contributed by atoms with Crippen molar-refractivity contribution in [2.24, 2.45) is 9.98 Å². The molecule has 2 N–H and O–H groups in total. The van der Waals surface area contributed by atoms with E-state index in [-0.39, 0.29) is 5.69 Å². The van der Waals surface area contributed by atoms with Crippen molar-refractivity contribution in [2.45, 2.75) is 77.5 Å². The lowest BCUT2D eigenvalue weighted by molar-refractivity contribution is -0.384. The summed E-state index contributed by atoms with van der Waals surface area (Å²) >= 11 is 0. The molecule has 0 aromatic heterocycles. The number of hydroxylamine groups is 4. The predicted molar refractivity (Wildman–Crippen MR) is 175 cm³/mol. The van der Waals surface area contributed by atoms with Gasteiger partial charge in [-0.25, -0.2) is 10.1 Å². The topological polar surface area (TPSA) is 115 Å². The average molecular weight is 604 g/mol. The first-order chi connectivity index (χ1) is 20.9. The molecule has 0 fully saturated rings. The van der Waals surface area contributed by atoms with E-state index in [4.69, 9.17) is 9.98 Å². The van der Waals surface area contributed by atoms with Crippen LogP contribution in [-0.4, -0.2) is 59.3 Å². The minimum Gasteiger partial charge on any atom is -0.286 e. The molecule has 0 saturated carbocycles. The Kier molecular flexibility index (Phi) is 7.61. The van der Waals surface area contributed by atoms with Gasteiger partial charge in [0.15, 0.2) is 11.7 Å². The summed E-state index contributed by atoms with van der Waals surface area (Å²) in [6, 6.07) is 19.3. The van der Waals surface area contributed by atoms with E-state index in [1.54, 1.807) is 6.07 Å². The minimum atomic E-state index is -0.561. The van der Waals surface area contributed by atoms with Crippen LogP contribution in [0.2, 0.25) is 0 Å². The third-order valence-electron chi connectivity index (χ3n) is 9.34. The van der Waals surface area contributed by atoms with E-state index in [0.717, 1.165) is 11.1 Å². The molecule has 45 heavy (non-hydrogen) atoms. The molecule has 0 bridgehead atoms. The molecule has 3 aromatic rings. The Balaban J connectivity index is 1.36. The summed E-state index contributed by atoms with van der Waals surface area (Å²) in [5.41, 5.74) is 1.71. The summed E-state index contributed by atoms with van der Waals surface area (Å²) in [5, 5.41) is 35.5. The Morgan fingerprint density at radius 2 is 0.933 bits per heavy atom. The van der Waals surface area contributed by atoms with Crippen LogP contribution in [0.5, 0.6) is 0 Å². The number of hydrogen-bond donors (Lipinski definition) is 2. The van der Waals surface area contributed by atoms with Crippen molar-refractivity contribution in [3.8, 4) is 23.7 Å². The Bertz CT molecular complexity index is 1730. The van der Waals surface area contributed by atoms with Crippen molar-refractivity contribution >= 4 is 17.4 Å². The molecule has 230 valence electrons. The first-order valence-corrected chi connectivity index (χ1v) is 14.7. The van der Waals surface area contributed by atoms with Gasteiger partial charge in [-0.2, -0.15) is 0 Å². The van der Waals surface area contributed by atoms with Crippen LogP contribution in [0.3, 0.4) is 0 Å². The average Bonchev–Trinajstić information content (AvgIpc) is 3.26. The van der Waals surface area contributed by atoms with Crippen LogP contribution < -0.4 is 0 Å². The molecule has 0 aliphatic carbocycles. The number of nitro groups is 1. The summed E-state index contributed by atoms with van der Waals surface area (Å²) in [6.45, 7) is 15.7. The second-order valence-electron chi connectivity index (χ2n) is 13.4. The lowest BCUT2D eigenvalue weighted by Gasteiger charge is -2.36. The molecule has 2 aliphatic rings. The fraction of sp³-hybridized carbons (Fsp3) is 0.333. The molecule has 2 heterocycles. The number of rotatable bonds is 3. The largest absolute Gasteiger partial charge is 0.286 e. The molecule has 9 heteroatoms. The van der Waals surface area contributed by atoms with E-state index < -0.39 is 27.1 Å². The van der Waals surface area contributed by atoms with Crippen molar-refractivity contribution in [1.82, 2.24) is 10.1 Å². The normalized spacial score (nSPS) is 18.7. The number of amidine groups is 2. The third kappa shape index (κ3) is 5.69. The van der Waals surface area contributed by atoms with Crippen LogP contribution in [0.4, 0.5) is 5.69 Å². The van der Waals surface area contributed by atoms with Crippen LogP contribution in [0.25, 0.3) is 0 Å². The second-order valence-corrected chi connectivity index (χ2v) is 13.4. The van der Waals surface area contributed by atoms with Crippen LogP contribution in [0.15, 0.2) is 76.7 Å². The van der Waals surface area contributed by atoms with Crippen LogP contribution in [-0.2, 0) is 0 Å². The quantitative estimate of drug-likeness (QED) is 0.203. The van der Waals surface area contributed by atoms with E-state index in [1.807, 2.05) is 104 Å². The third-order valence-corrected chi connectivity index (χ3v) is 9.34. The van der Waals surface area contributed by atoms with Gasteiger partial charge in [-0.15, -0.1) is 0 Å². The van der Waals surface area contributed by atoms with E-state index in [0.29, 0.717) is 33.9 Å². The van der Waals surface area contributed by atoms with Gasteiger partial charge < -0.3 is 0 Å². The molecule has 9 nitrogen and oxygen atoms in total. The highest BCUT2D eigenvalue weighted by atomic mass is 16.6. The molecule has 0 amide bonds. The van der Waals surface area contributed by atoms with E-state index in [1.165, 1.54) is 22.3 Å². The van der Waals surface area contributed by atoms with Gasteiger partial charge in [-0.05, 0) is 110 Å². The Hall–Kier alpha value is -4.96. The fourth-order valence-electron chi connectivity index (χ4n) is 4.87. The second kappa shape index (κ2) is 10.9. The molecule has 0 spiro atoms. The van der Waals surface area contributed by atoms with Gasteiger partial charge in [0.05, 0.1) is 27.1 Å². The lowest BCUT2D eigenvalue weighted by atomic mass is 9.84. The summed E-state index contributed by atoms with van der Waals surface area (Å²) in [7, 11) is 0. The summed E-state index contributed by atoms with van der Waals surface area (Å²) in [6.07, 6.45) is 0. The van der Waals surface area contributed by atoms with Gasteiger partial charge >= 0.3 is 0 Å². The molecule has 0 atom stereocenters. The van der Waals surface area contributed by atoms with Crippen LogP contribution in [0, 0.1) is 33.8 Å². The first-order valence-electron chi connectivity index (χ1n) is 14.7. The minimum absolute atomic E-state index is 0.100. The zero-order chi connectivity index (χ0) is 32.9. The number of aliphatic imine (C=N–C) groups is 2. The van der Waals surface area contributed by atoms with Gasteiger partial charge in [0, 0.05) is 45.5 Å². The Morgan fingerprint density at radius 1 is 0.600 bits per heavy atom. The maximum absolute atomic E-state index is 11.7. The molecular weight excluding hydrogens is 566 g/mol. The monoisotopic (exact) mass is 603 g/mol. The van der Waals surface area contributed by atoms with E-state index in [2.05, 4.69) is 23.7 Å². The van der Waals surface area contributed by atoms with Crippen molar-refractivity contribution in [3.63, 3.8) is 0 Å². The molecular formula is C36H37N5O4. The molecule has 2 aliphatic heterocycles. The Morgan fingerprint density at radius 3 is 1.22 bits per heavy atom. The van der Waals surface area contributed by atoms with Crippen molar-refractivity contribution in [2.75, 3.05) is 0 Å². The smallest absolute Gasteiger partial charge is 0.271 e. The van der Waals surface area contributed by atoms with E-state index in [9.17, 15) is 20.5 Å². The zero-order valence-electron chi connectivity index (χ0n) is 26.8. The number of nitrogens with zero attached hydrogens (tertiary/aromatic N) is 5. The van der Waals surface area contributed by atoms with Crippen molar-refractivity contribution in [1.29, 1.82) is 0 Å².